The zero-order valence-corrected chi connectivity index (χ0v) is 36.8. The van der Waals surface area contributed by atoms with E-state index in [1.165, 1.54) is 105 Å². The molecule has 310 valence electrons. The molecule has 0 N–H and O–H groups in total. The van der Waals surface area contributed by atoms with E-state index in [1.54, 1.807) is 0 Å². The molecule has 14 rings (SSSR count). The fourth-order valence-corrected chi connectivity index (χ4v) is 12.4. The highest BCUT2D eigenvalue weighted by Crippen LogP contribution is 2.62. The standard InChI is InChI=1S/C64H44N2/c1-63(2)53-27-11-6-22-47(53)52-40-44(38-39-54(52)63)65(43-36-34-42(35-37-43)41-18-4-3-5-19-41)59-32-14-9-23-48(59)50-25-16-30-57-61(50)66-60-33-15-10-24-49(60)51-26-17-31-58(62(51)66)64(57)55-28-12-7-20-45(55)46-21-8-13-29-56(46)64/h3-40H,1-2H3. The topological polar surface area (TPSA) is 8.17 Å². The van der Waals surface area contributed by atoms with Crippen molar-refractivity contribution in [2.75, 3.05) is 4.90 Å². The van der Waals surface area contributed by atoms with Crippen molar-refractivity contribution in [2.24, 2.45) is 0 Å². The molecule has 1 aliphatic heterocycles. The summed E-state index contributed by atoms with van der Waals surface area (Å²) >= 11 is 0. The van der Waals surface area contributed by atoms with Crippen molar-refractivity contribution in [2.45, 2.75) is 24.7 Å². The van der Waals surface area contributed by atoms with Crippen LogP contribution in [0.2, 0.25) is 0 Å². The van der Waals surface area contributed by atoms with Gasteiger partial charge in [0.15, 0.2) is 0 Å². The van der Waals surface area contributed by atoms with Crippen LogP contribution in [-0.2, 0) is 10.8 Å². The minimum atomic E-state index is -0.537. The lowest BCUT2D eigenvalue weighted by atomic mass is 9.65. The summed E-state index contributed by atoms with van der Waals surface area (Å²) in [5, 5.41) is 2.54. The molecule has 1 aromatic heterocycles. The predicted molar refractivity (Wildman–Crippen MR) is 275 cm³/mol. The van der Waals surface area contributed by atoms with Crippen molar-refractivity contribution < 1.29 is 0 Å². The molecular formula is C64H44N2. The molecule has 0 atom stereocenters. The van der Waals surface area contributed by atoms with Gasteiger partial charge in [0, 0.05) is 38.7 Å². The first kappa shape index (κ1) is 37.2. The van der Waals surface area contributed by atoms with E-state index in [2.05, 4.69) is 254 Å². The van der Waals surface area contributed by atoms with Crippen LogP contribution in [0.4, 0.5) is 17.1 Å². The lowest BCUT2D eigenvalue weighted by Gasteiger charge is -2.40. The number of nitrogens with zero attached hydrogens (tertiary/aromatic N) is 2. The highest BCUT2D eigenvalue weighted by molar-refractivity contribution is 6.14. The molecular weight excluding hydrogens is 797 g/mol. The minimum Gasteiger partial charge on any atom is -0.310 e. The molecule has 2 aliphatic carbocycles. The summed E-state index contributed by atoms with van der Waals surface area (Å²) in [5.41, 5.74) is 24.5. The summed E-state index contributed by atoms with van der Waals surface area (Å²) in [5.74, 6) is 0. The molecule has 3 aliphatic rings. The molecule has 0 saturated carbocycles. The first-order chi connectivity index (χ1) is 32.5. The largest absolute Gasteiger partial charge is 0.310 e. The van der Waals surface area contributed by atoms with E-state index in [0.717, 1.165) is 17.1 Å². The van der Waals surface area contributed by atoms with E-state index in [-0.39, 0.29) is 5.41 Å². The van der Waals surface area contributed by atoms with Crippen molar-refractivity contribution in [3.8, 4) is 50.2 Å². The van der Waals surface area contributed by atoms with E-state index in [9.17, 15) is 0 Å². The molecule has 0 radical (unpaired) electrons. The van der Waals surface area contributed by atoms with E-state index < -0.39 is 5.41 Å². The lowest BCUT2D eigenvalue weighted by Crippen LogP contribution is -2.33. The Morgan fingerprint density at radius 1 is 0.348 bits per heavy atom. The molecule has 0 unspecified atom stereocenters. The molecule has 2 nitrogen and oxygen atoms in total. The fourth-order valence-electron chi connectivity index (χ4n) is 12.4. The Morgan fingerprint density at radius 2 is 0.864 bits per heavy atom. The van der Waals surface area contributed by atoms with Gasteiger partial charge >= 0.3 is 0 Å². The van der Waals surface area contributed by atoms with Crippen LogP contribution in [0.15, 0.2) is 231 Å². The Morgan fingerprint density at radius 3 is 1.62 bits per heavy atom. The van der Waals surface area contributed by atoms with Gasteiger partial charge in [0.1, 0.15) is 0 Å². The summed E-state index contributed by atoms with van der Waals surface area (Å²) in [4.78, 5) is 2.49. The Kier molecular flexibility index (Phi) is 7.70. The van der Waals surface area contributed by atoms with Gasteiger partial charge in [-0.1, -0.05) is 208 Å². The number of anilines is 3. The number of fused-ring (bicyclic) bond motifs is 15. The van der Waals surface area contributed by atoms with Gasteiger partial charge in [0.2, 0.25) is 0 Å². The first-order valence-electron chi connectivity index (χ1n) is 23.2. The number of rotatable bonds is 5. The maximum atomic E-state index is 2.60. The summed E-state index contributed by atoms with van der Waals surface area (Å²) in [7, 11) is 0. The van der Waals surface area contributed by atoms with Crippen LogP contribution in [0.3, 0.4) is 0 Å². The van der Waals surface area contributed by atoms with Crippen molar-refractivity contribution >= 4 is 38.9 Å². The van der Waals surface area contributed by atoms with Gasteiger partial charge in [-0.3, -0.25) is 0 Å². The third-order valence-electron chi connectivity index (χ3n) is 15.2. The molecule has 0 saturated heterocycles. The van der Waals surface area contributed by atoms with Gasteiger partial charge in [0.05, 0.1) is 27.8 Å². The van der Waals surface area contributed by atoms with Gasteiger partial charge in [-0.25, -0.2) is 0 Å². The van der Waals surface area contributed by atoms with Gasteiger partial charge < -0.3 is 9.47 Å². The third kappa shape index (κ3) is 4.85. The number of aromatic nitrogens is 1. The molecule has 10 aromatic carbocycles. The Labute approximate surface area is 385 Å². The van der Waals surface area contributed by atoms with Crippen LogP contribution in [-0.4, -0.2) is 4.57 Å². The zero-order valence-electron chi connectivity index (χ0n) is 36.8. The lowest BCUT2D eigenvalue weighted by molar-refractivity contribution is 0.660. The summed E-state index contributed by atoms with van der Waals surface area (Å²) < 4.78 is 2.60. The molecule has 2 heterocycles. The van der Waals surface area contributed by atoms with E-state index in [1.807, 2.05) is 0 Å². The summed E-state index contributed by atoms with van der Waals surface area (Å²) in [6.45, 7) is 4.72. The van der Waals surface area contributed by atoms with Crippen molar-refractivity contribution in [3.63, 3.8) is 0 Å². The number of hydrogen-bond donors (Lipinski definition) is 0. The normalized spacial score (nSPS) is 14.2. The second-order valence-corrected chi connectivity index (χ2v) is 18.8. The fraction of sp³-hybridized carbons (Fsp3) is 0.0625. The molecule has 1 spiro atoms. The monoisotopic (exact) mass is 840 g/mol. The van der Waals surface area contributed by atoms with E-state index in [0.29, 0.717) is 0 Å². The van der Waals surface area contributed by atoms with Crippen LogP contribution >= 0.6 is 0 Å². The average molecular weight is 841 g/mol. The minimum absolute atomic E-state index is 0.0950. The quantitative estimate of drug-likeness (QED) is 0.168. The average Bonchev–Trinajstić information content (AvgIpc) is 3.95. The van der Waals surface area contributed by atoms with Gasteiger partial charge in [0.25, 0.3) is 0 Å². The maximum absolute atomic E-state index is 2.60. The zero-order chi connectivity index (χ0) is 43.7. The third-order valence-corrected chi connectivity index (χ3v) is 15.2. The van der Waals surface area contributed by atoms with Gasteiger partial charge in [-0.2, -0.15) is 0 Å². The van der Waals surface area contributed by atoms with Gasteiger partial charge in [-0.15, -0.1) is 0 Å². The molecule has 66 heavy (non-hydrogen) atoms. The predicted octanol–water partition coefficient (Wildman–Crippen LogP) is 16.6. The van der Waals surface area contributed by atoms with Crippen molar-refractivity contribution in [1.29, 1.82) is 0 Å². The van der Waals surface area contributed by atoms with Crippen LogP contribution < -0.4 is 4.90 Å². The molecule has 0 fully saturated rings. The maximum Gasteiger partial charge on any atom is 0.0754 e. The summed E-state index contributed by atoms with van der Waals surface area (Å²) in [6.07, 6.45) is 0. The highest BCUT2D eigenvalue weighted by atomic mass is 15.1. The molecule has 11 aromatic rings. The smallest absolute Gasteiger partial charge is 0.0754 e. The Hall–Kier alpha value is -8.20. The van der Waals surface area contributed by atoms with E-state index in [4.69, 9.17) is 0 Å². The number of para-hydroxylation sites is 4. The van der Waals surface area contributed by atoms with Crippen molar-refractivity contribution in [3.05, 3.63) is 264 Å². The molecule has 0 bridgehead atoms. The second kappa shape index (κ2) is 13.7. The van der Waals surface area contributed by atoms with Crippen LogP contribution in [0.1, 0.15) is 47.2 Å². The molecule has 2 heteroatoms. The van der Waals surface area contributed by atoms with Crippen LogP contribution in [0, 0.1) is 0 Å². The van der Waals surface area contributed by atoms with Crippen LogP contribution in [0.25, 0.3) is 72.0 Å². The SMILES string of the molecule is CC1(C)c2ccccc2-c2cc(N(c3ccc(-c4ccccc4)cc3)c3ccccc3-c3cccc4c3-n3c5ccccc5c5cccc(c53)C43c4ccccc4-c4ccccc43)ccc21. The summed E-state index contributed by atoms with van der Waals surface area (Å²) in [6, 6.07) is 86.4. The van der Waals surface area contributed by atoms with Crippen LogP contribution in [0.5, 0.6) is 0 Å². The highest BCUT2D eigenvalue weighted by Gasteiger charge is 2.51. The Bertz CT molecular complexity index is 3750. The number of benzene rings is 10. The first-order valence-corrected chi connectivity index (χ1v) is 23.2. The van der Waals surface area contributed by atoms with E-state index >= 15 is 0 Å². The van der Waals surface area contributed by atoms with Gasteiger partial charge in [-0.05, 0) is 103 Å². The second-order valence-electron chi connectivity index (χ2n) is 18.8. The van der Waals surface area contributed by atoms with Crippen molar-refractivity contribution in [1.82, 2.24) is 4.57 Å². The Balaban J connectivity index is 1.07. The molecule has 0 amide bonds. The number of hydrogen-bond acceptors (Lipinski definition) is 1.